The zero-order chi connectivity index (χ0) is 19.3. The highest BCUT2D eigenvalue weighted by molar-refractivity contribution is 8.26. The number of nitrogens with zero attached hydrogens (tertiary/aromatic N) is 1. The number of esters is 1. The van der Waals surface area contributed by atoms with E-state index in [0.29, 0.717) is 15.8 Å². The Morgan fingerprint density at radius 1 is 1.27 bits per heavy atom. The van der Waals surface area contributed by atoms with Crippen molar-refractivity contribution < 1.29 is 14.3 Å². The molecular formula is C20H25NO3S2. The number of carbonyl (C=O) groups is 2. The Hall–Kier alpha value is -1.66. The first-order valence-electron chi connectivity index (χ1n) is 8.74. The van der Waals surface area contributed by atoms with Crippen molar-refractivity contribution in [1.82, 2.24) is 4.90 Å². The molecule has 0 aliphatic carbocycles. The summed E-state index contributed by atoms with van der Waals surface area (Å²) in [5.41, 5.74) is 2.29. The molecule has 1 aliphatic heterocycles. The van der Waals surface area contributed by atoms with Crippen LogP contribution in [0.2, 0.25) is 0 Å². The molecule has 1 amide bonds. The van der Waals surface area contributed by atoms with E-state index in [2.05, 4.69) is 32.9 Å². The van der Waals surface area contributed by atoms with Crippen LogP contribution in [-0.4, -0.2) is 34.2 Å². The number of thioether (sulfide) groups is 1. The number of hydrogen-bond donors (Lipinski definition) is 0. The lowest BCUT2D eigenvalue weighted by atomic mass is 9.87. The zero-order valence-electron chi connectivity index (χ0n) is 15.7. The van der Waals surface area contributed by atoms with Gasteiger partial charge in [0, 0.05) is 6.54 Å². The van der Waals surface area contributed by atoms with Gasteiger partial charge in [-0.05, 0) is 29.0 Å². The van der Waals surface area contributed by atoms with Gasteiger partial charge in [-0.1, -0.05) is 75.9 Å². The molecule has 1 heterocycles. The van der Waals surface area contributed by atoms with Gasteiger partial charge in [0.1, 0.15) is 4.32 Å². The van der Waals surface area contributed by atoms with Gasteiger partial charge >= 0.3 is 5.97 Å². The molecule has 4 nitrogen and oxygen atoms in total. The summed E-state index contributed by atoms with van der Waals surface area (Å²) in [5.74, 6) is -0.453. The normalized spacial score (nSPS) is 16.5. The SMILES string of the molecule is CCCOC(=O)CCN1C(=O)/C(=C/c2ccc(C(C)(C)C)cc2)SC1=S. The number of amides is 1. The molecule has 26 heavy (non-hydrogen) atoms. The van der Waals surface area contributed by atoms with Crippen LogP contribution < -0.4 is 0 Å². The predicted octanol–water partition coefficient (Wildman–Crippen LogP) is 4.53. The van der Waals surface area contributed by atoms with Gasteiger partial charge in [0.2, 0.25) is 0 Å². The minimum atomic E-state index is -0.303. The molecule has 1 aliphatic rings. The average molecular weight is 392 g/mol. The quantitative estimate of drug-likeness (QED) is 0.405. The van der Waals surface area contributed by atoms with Crippen LogP contribution in [0.15, 0.2) is 29.2 Å². The molecule has 140 valence electrons. The second kappa shape index (κ2) is 8.82. The third-order valence-electron chi connectivity index (χ3n) is 3.95. The van der Waals surface area contributed by atoms with Gasteiger partial charge in [-0.25, -0.2) is 0 Å². The van der Waals surface area contributed by atoms with Gasteiger partial charge in [0.05, 0.1) is 17.9 Å². The largest absolute Gasteiger partial charge is 0.466 e. The molecule has 6 heteroatoms. The molecule has 0 bridgehead atoms. The zero-order valence-corrected chi connectivity index (χ0v) is 17.3. The first-order chi connectivity index (χ1) is 12.2. The first kappa shape index (κ1) is 20.6. The van der Waals surface area contributed by atoms with Crippen molar-refractivity contribution >= 4 is 46.3 Å². The lowest BCUT2D eigenvalue weighted by Crippen LogP contribution is -2.30. The van der Waals surface area contributed by atoms with E-state index in [-0.39, 0.29) is 30.3 Å². The van der Waals surface area contributed by atoms with E-state index in [9.17, 15) is 9.59 Å². The van der Waals surface area contributed by atoms with Crippen LogP contribution in [0.5, 0.6) is 0 Å². The average Bonchev–Trinajstić information content (AvgIpc) is 2.84. The molecule has 0 aromatic heterocycles. The fourth-order valence-electron chi connectivity index (χ4n) is 2.41. The molecule has 1 fully saturated rings. The maximum Gasteiger partial charge on any atom is 0.307 e. The number of carbonyl (C=O) groups excluding carboxylic acids is 2. The Bertz CT molecular complexity index is 718. The molecule has 0 radical (unpaired) electrons. The smallest absolute Gasteiger partial charge is 0.307 e. The van der Waals surface area contributed by atoms with E-state index in [1.807, 2.05) is 25.1 Å². The van der Waals surface area contributed by atoms with E-state index >= 15 is 0 Å². The van der Waals surface area contributed by atoms with Crippen molar-refractivity contribution in [3.8, 4) is 0 Å². The van der Waals surface area contributed by atoms with Gasteiger partial charge in [-0.15, -0.1) is 0 Å². The summed E-state index contributed by atoms with van der Waals surface area (Å²) in [6, 6.07) is 8.18. The lowest BCUT2D eigenvalue weighted by molar-refractivity contribution is -0.143. The topological polar surface area (TPSA) is 46.6 Å². The number of benzene rings is 1. The van der Waals surface area contributed by atoms with Crippen LogP contribution in [0.4, 0.5) is 0 Å². The van der Waals surface area contributed by atoms with Crippen molar-refractivity contribution in [3.05, 3.63) is 40.3 Å². The summed E-state index contributed by atoms with van der Waals surface area (Å²) in [6.07, 6.45) is 2.78. The number of rotatable bonds is 6. The number of hydrogen-bond acceptors (Lipinski definition) is 5. The van der Waals surface area contributed by atoms with E-state index in [1.54, 1.807) is 0 Å². The van der Waals surface area contributed by atoms with Gasteiger partial charge < -0.3 is 4.74 Å². The minimum absolute atomic E-state index is 0.0916. The summed E-state index contributed by atoms with van der Waals surface area (Å²) in [5, 5.41) is 0. The van der Waals surface area contributed by atoms with Gasteiger partial charge in [0.15, 0.2) is 0 Å². The fraction of sp³-hybridized carbons (Fsp3) is 0.450. The second-order valence-electron chi connectivity index (χ2n) is 7.18. The van der Waals surface area contributed by atoms with E-state index < -0.39 is 0 Å². The van der Waals surface area contributed by atoms with Crippen LogP contribution in [0.1, 0.15) is 51.7 Å². The predicted molar refractivity (Wildman–Crippen MR) is 111 cm³/mol. The maximum atomic E-state index is 12.6. The Balaban J connectivity index is 2.03. The molecular weight excluding hydrogens is 366 g/mol. The van der Waals surface area contributed by atoms with E-state index in [0.717, 1.165) is 12.0 Å². The van der Waals surface area contributed by atoms with E-state index in [1.165, 1.54) is 22.2 Å². The molecule has 1 saturated heterocycles. The number of ether oxygens (including phenoxy) is 1. The van der Waals surface area contributed by atoms with Crippen LogP contribution in [0.25, 0.3) is 6.08 Å². The lowest BCUT2D eigenvalue weighted by Gasteiger charge is -2.18. The van der Waals surface area contributed by atoms with Crippen LogP contribution >= 0.6 is 24.0 Å². The maximum absolute atomic E-state index is 12.6. The van der Waals surface area contributed by atoms with Crippen LogP contribution in [-0.2, 0) is 19.7 Å². The van der Waals surface area contributed by atoms with Gasteiger partial charge in [-0.3, -0.25) is 14.5 Å². The minimum Gasteiger partial charge on any atom is -0.466 e. The van der Waals surface area contributed by atoms with Crippen LogP contribution in [0, 0.1) is 0 Å². The Morgan fingerprint density at radius 3 is 2.50 bits per heavy atom. The van der Waals surface area contributed by atoms with E-state index in [4.69, 9.17) is 17.0 Å². The van der Waals surface area contributed by atoms with Crippen molar-refractivity contribution in [2.24, 2.45) is 0 Å². The third-order valence-corrected chi connectivity index (χ3v) is 5.33. The summed E-state index contributed by atoms with van der Waals surface area (Å²) >= 11 is 6.57. The van der Waals surface area contributed by atoms with Crippen molar-refractivity contribution in [2.75, 3.05) is 13.2 Å². The van der Waals surface area contributed by atoms with Gasteiger partial charge in [0.25, 0.3) is 5.91 Å². The van der Waals surface area contributed by atoms with Crippen molar-refractivity contribution in [3.63, 3.8) is 0 Å². The fourth-order valence-corrected chi connectivity index (χ4v) is 3.72. The number of thiocarbonyl (C=S) groups is 1. The molecule has 2 rings (SSSR count). The van der Waals surface area contributed by atoms with Crippen LogP contribution in [0.3, 0.4) is 0 Å². The molecule has 1 aromatic rings. The van der Waals surface area contributed by atoms with Crippen molar-refractivity contribution in [1.29, 1.82) is 0 Å². The van der Waals surface area contributed by atoms with Crippen molar-refractivity contribution in [2.45, 2.75) is 46.0 Å². The highest BCUT2D eigenvalue weighted by Gasteiger charge is 2.32. The molecule has 0 atom stereocenters. The Morgan fingerprint density at radius 2 is 1.92 bits per heavy atom. The Labute approximate surface area is 165 Å². The monoisotopic (exact) mass is 391 g/mol. The highest BCUT2D eigenvalue weighted by atomic mass is 32.2. The highest BCUT2D eigenvalue weighted by Crippen LogP contribution is 2.33. The molecule has 0 spiro atoms. The summed E-state index contributed by atoms with van der Waals surface area (Å²) in [4.78, 5) is 26.3. The summed E-state index contributed by atoms with van der Waals surface area (Å²) < 4.78 is 5.52. The second-order valence-corrected chi connectivity index (χ2v) is 8.85. The standard InChI is InChI=1S/C20H25NO3S2/c1-5-12-24-17(22)10-11-21-18(23)16(26-19(21)25)13-14-6-8-15(9-7-14)20(2,3)4/h6-9,13H,5,10-12H2,1-4H3/b16-13-. The third kappa shape index (κ3) is 5.42. The molecule has 0 unspecified atom stereocenters. The molecule has 1 aromatic carbocycles. The Kier molecular flexibility index (Phi) is 7.01. The molecule has 0 saturated carbocycles. The molecule has 0 N–H and O–H groups in total. The van der Waals surface area contributed by atoms with Gasteiger partial charge in [-0.2, -0.15) is 0 Å². The first-order valence-corrected chi connectivity index (χ1v) is 9.96. The summed E-state index contributed by atoms with van der Waals surface area (Å²) in [6.45, 7) is 9.10. The summed E-state index contributed by atoms with van der Waals surface area (Å²) in [7, 11) is 0.